The molecule has 0 aliphatic carbocycles. The Morgan fingerprint density at radius 3 is 2.75 bits per heavy atom. The molecule has 2 heteroatoms. The SMILES string of the molecule is Cc1cc(CCCBr)ccc1O. The van der Waals surface area contributed by atoms with E-state index in [0.717, 1.165) is 23.7 Å². The van der Waals surface area contributed by atoms with Crippen LogP contribution in [0, 0.1) is 6.92 Å². The van der Waals surface area contributed by atoms with Crippen LogP contribution in [0.4, 0.5) is 0 Å². The van der Waals surface area contributed by atoms with Crippen molar-refractivity contribution in [3.05, 3.63) is 29.3 Å². The Balaban J connectivity index is 2.69. The van der Waals surface area contributed by atoms with Crippen LogP contribution in [-0.2, 0) is 6.42 Å². The number of aryl methyl sites for hydroxylation is 2. The van der Waals surface area contributed by atoms with Crippen LogP contribution in [0.2, 0.25) is 0 Å². The van der Waals surface area contributed by atoms with Gasteiger partial charge in [-0.15, -0.1) is 0 Å². The van der Waals surface area contributed by atoms with Crippen molar-refractivity contribution >= 4 is 15.9 Å². The zero-order chi connectivity index (χ0) is 8.97. The molecule has 0 fully saturated rings. The topological polar surface area (TPSA) is 20.2 Å². The molecule has 1 N–H and O–H groups in total. The summed E-state index contributed by atoms with van der Waals surface area (Å²) < 4.78 is 0. The number of phenolic OH excluding ortho intramolecular Hbond substituents is 1. The number of alkyl halides is 1. The second kappa shape index (κ2) is 4.51. The third-order valence-corrected chi connectivity index (χ3v) is 2.42. The number of benzene rings is 1. The first kappa shape index (κ1) is 9.59. The molecular weight excluding hydrogens is 216 g/mol. The summed E-state index contributed by atoms with van der Waals surface area (Å²) >= 11 is 3.39. The van der Waals surface area contributed by atoms with E-state index >= 15 is 0 Å². The van der Waals surface area contributed by atoms with Crippen molar-refractivity contribution in [2.24, 2.45) is 0 Å². The molecule has 0 radical (unpaired) electrons. The van der Waals surface area contributed by atoms with Crippen LogP contribution in [0.15, 0.2) is 18.2 Å². The second-order valence-corrected chi connectivity index (χ2v) is 3.71. The minimum absolute atomic E-state index is 0.387. The highest BCUT2D eigenvalue weighted by atomic mass is 79.9. The molecule has 0 spiro atoms. The fraction of sp³-hybridized carbons (Fsp3) is 0.400. The number of phenols is 1. The Morgan fingerprint density at radius 1 is 1.42 bits per heavy atom. The lowest BCUT2D eigenvalue weighted by Crippen LogP contribution is -1.86. The van der Waals surface area contributed by atoms with Crippen molar-refractivity contribution < 1.29 is 5.11 Å². The molecule has 66 valence electrons. The highest BCUT2D eigenvalue weighted by molar-refractivity contribution is 9.09. The van der Waals surface area contributed by atoms with Gasteiger partial charge in [-0.05, 0) is 37.0 Å². The van der Waals surface area contributed by atoms with Crippen molar-refractivity contribution in [1.82, 2.24) is 0 Å². The quantitative estimate of drug-likeness (QED) is 0.790. The van der Waals surface area contributed by atoms with E-state index in [4.69, 9.17) is 0 Å². The molecule has 0 saturated heterocycles. The highest BCUT2D eigenvalue weighted by Gasteiger charge is 1.97. The van der Waals surface area contributed by atoms with Gasteiger partial charge in [0, 0.05) is 5.33 Å². The molecule has 0 aliphatic rings. The third-order valence-electron chi connectivity index (χ3n) is 1.86. The van der Waals surface area contributed by atoms with Gasteiger partial charge in [-0.1, -0.05) is 28.1 Å². The largest absolute Gasteiger partial charge is 0.508 e. The summed E-state index contributed by atoms with van der Waals surface area (Å²) in [5.41, 5.74) is 2.26. The summed E-state index contributed by atoms with van der Waals surface area (Å²) in [5.74, 6) is 0.387. The van der Waals surface area contributed by atoms with Gasteiger partial charge in [-0.25, -0.2) is 0 Å². The summed E-state index contributed by atoms with van der Waals surface area (Å²) in [6.07, 6.45) is 2.22. The Labute approximate surface area is 81.6 Å². The first-order chi connectivity index (χ1) is 5.74. The minimum atomic E-state index is 0.387. The van der Waals surface area contributed by atoms with E-state index in [1.807, 2.05) is 19.1 Å². The van der Waals surface area contributed by atoms with Gasteiger partial charge >= 0.3 is 0 Å². The highest BCUT2D eigenvalue weighted by Crippen LogP contribution is 2.17. The van der Waals surface area contributed by atoms with Crippen molar-refractivity contribution in [1.29, 1.82) is 0 Å². The summed E-state index contributed by atoms with van der Waals surface area (Å²) in [5, 5.41) is 10.3. The van der Waals surface area contributed by atoms with Crippen LogP contribution < -0.4 is 0 Å². The molecule has 0 saturated carbocycles. The molecule has 1 aromatic carbocycles. The van der Waals surface area contributed by atoms with Crippen LogP contribution >= 0.6 is 15.9 Å². The summed E-state index contributed by atoms with van der Waals surface area (Å²) in [7, 11) is 0. The van der Waals surface area contributed by atoms with Gasteiger partial charge < -0.3 is 5.11 Å². The lowest BCUT2D eigenvalue weighted by molar-refractivity contribution is 0.471. The number of hydrogen-bond donors (Lipinski definition) is 1. The molecular formula is C10H13BrO. The summed E-state index contributed by atoms with van der Waals surface area (Å²) in [4.78, 5) is 0. The lowest BCUT2D eigenvalue weighted by atomic mass is 10.1. The molecule has 12 heavy (non-hydrogen) atoms. The number of hydrogen-bond acceptors (Lipinski definition) is 1. The number of rotatable bonds is 3. The summed E-state index contributed by atoms with van der Waals surface area (Å²) in [6, 6.07) is 5.78. The van der Waals surface area contributed by atoms with Gasteiger partial charge in [0.2, 0.25) is 0 Å². The Morgan fingerprint density at radius 2 is 2.17 bits per heavy atom. The molecule has 1 aromatic rings. The smallest absolute Gasteiger partial charge is 0.118 e. The normalized spacial score (nSPS) is 10.2. The van der Waals surface area contributed by atoms with Crippen molar-refractivity contribution in [3.8, 4) is 5.75 Å². The minimum Gasteiger partial charge on any atom is -0.508 e. The Hall–Kier alpha value is -0.500. The first-order valence-corrected chi connectivity index (χ1v) is 5.20. The fourth-order valence-electron chi connectivity index (χ4n) is 1.14. The predicted molar refractivity (Wildman–Crippen MR) is 55.0 cm³/mol. The zero-order valence-corrected chi connectivity index (χ0v) is 8.76. The van der Waals surface area contributed by atoms with Crippen LogP contribution in [0.1, 0.15) is 17.5 Å². The van der Waals surface area contributed by atoms with E-state index in [9.17, 15) is 5.11 Å². The summed E-state index contributed by atoms with van der Waals surface area (Å²) in [6.45, 7) is 1.92. The monoisotopic (exact) mass is 228 g/mol. The molecule has 0 aromatic heterocycles. The standard InChI is InChI=1S/C10H13BrO/c1-8-7-9(3-2-6-11)4-5-10(8)12/h4-5,7,12H,2-3,6H2,1H3. The maximum absolute atomic E-state index is 9.26. The van der Waals surface area contributed by atoms with Gasteiger partial charge in [0.15, 0.2) is 0 Å². The van der Waals surface area contributed by atoms with Crippen LogP contribution in [0.5, 0.6) is 5.75 Å². The molecule has 1 nitrogen and oxygen atoms in total. The fourth-order valence-corrected chi connectivity index (χ4v) is 1.42. The van der Waals surface area contributed by atoms with Crippen LogP contribution in [-0.4, -0.2) is 10.4 Å². The molecule has 0 unspecified atom stereocenters. The first-order valence-electron chi connectivity index (χ1n) is 4.08. The average Bonchev–Trinajstić information content (AvgIpc) is 2.07. The molecule has 0 atom stereocenters. The molecule has 0 aliphatic heterocycles. The van der Waals surface area contributed by atoms with Crippen molar-refractivity contribution in [2.75, 3.05) is 5.33 Å². The van der Waals surface area contributed by atoms with Gasteiger partial charge in [0.05, 0.1) is 0 Å². The Bertz CT molecular complexity index is 258. The van der Waals surface area contributed by atoms with Gasteiger partial charge in [0.25, 0.3) is 0 Å². The van der Waals surface area contributed by atoms with Gasteiger partial charge in [-0.3, -0.25) is 0 Å². The van der Waals surface area contributed by atoms with E-state index in [1.54, 1.807) is 6.07 Å². The van der Waals surface area contributed by atoms with Crippen LogP contribution in [0.3, 0.4) is 0 Å². The van der Waals surface area contributed by atoms with Crippen molar-refractivity contribution in [2.45, 2.75) is 19.8 Å². The van der Waals surface area contributed by atoms with Gasteiger partial charge in [0.1, 0.15) is 5.75 Å². The van der Waals surface area contributed by atoms with E-state index in [0.29, 0.717) is 5.75 Å². The lowest BCUT2D eigenvalue weighted by Gasteiger charge is -2.02. The van der Waals surface area contributed by atoms with Crippen molar-refractivity contribution in [3.63, 3.8) is 0 Å². The Kier molecular flexibility index (Phi) is 3.60. The molecule has 0 amide bonds. The predicted octanol–water partition coefficient (Wildman–Crippen LogP) is 3.03. The number of aromatic hydroxyl groups is 1. The average molecular weight is 229 g/mol. The third kappa shape index (κ3) is 2.52. The number of halogens is 1. The zero-order valence-electron chi connectivity index (χ0n) is 7.18. The van der Waals surface area contributed by atoms with E-state index in [1.165, 1.54) is 5.56 Å². The van der Waals surface area contributed by atoms with E-state index in [-0.39, 0.29) is 0 Å². The molecule has 0 bridgehead atoms. The molecule has 0 heterocycles. The van der Waals surface area contributed by atoms with E-state index in [2.05, 4.69) is 15.9 Å². The van der Waals surface area contributed by atoms with E-state index < -0.39 is 0 Å². The van der Waals surface area contributed by atoms with Crippen LogP contribution in [0.25, 0.3) is 0 Å². The maximum atomic E-state index is 9.26. The second-order valence-electron chi connectivity index (χ2n) is 2.91. The van der Waals surface area contributed by atoms with Gasteiger partial charge in [-0.2, -0.15) is 0 Å². The molecule has 1 rings (SSSR count). The maximum Gasteiger partial charge on any atom is 0.118 e.